The Morgan fingerprint density at radius 2 is 1.56 bits per heavy atom. The van der Waals surface area contributed by atoms with Gasteiger partial charge in [0.1, 0.15) is 0 Å². The fourth-order valence-electron chi connectivity index (χ4n) is 3.33. The van der Waals surface area contributed by atoms with Crippen LogP contribution in [0.1, 0.15) is 59.8 Å². The van der Waals surface area contributed by atoms with Crippen molar-refractivity contribution >= 4 is 0 Å². The maximum Gasteiger partial charge on any atom is 0.0720 e. The van der Waals surface area contributed by atoms with Crippen LogP contribution in [0.4, 0.5) is 0 Å². The maximum atomic E-state index is 11.0. The van der Waals surface area contributed by atoms with E-state index in [1.165, 1.54) is 6.42 Å². The van der Waals surface area contributed by atoms with E-state index in [9.17, 15) is 5.11 Å². The minimum atomic E-state index is -0.539. The summed E-state index contributed by atoms with van der Waals surface area (Å²) < 4.78 is 0. The molecule has 0 amide bonds. The van der Waals surface area contributed by atoms with Gasteiger partial charge in [-0.3, -0.25) is 0 Å². The Kier molecular flexibility index (Phi) is 4.42. The second kappa shape index (κ2) is 5.05. The Bertz CT molecular complexity index is 203. The van der Waals surface area contributed by atoms with Gasteiger partial charge in [-0.05, 0) is 37.5 Å². The second-order valence-corrected chi connectivity index (χ2v) is 6.57. The zero-order chi connectivity index (χ0) is 12.4. The fraction of sp³-hybridized carbons (Fsp3) is 1.00. The minimum Gasteiger partial charge on any atom is -0.389 e. The van der Waals surface area contributed by atoms with Crippen LogP contribution in [0.3, 0.4) is 0 Å². The third kappa shape index (κ3) is 2.60. The predicted octanol–water partition coefficient (Wildman–Crippen LogP) is 2.94. The van der Waals surface area contributed by atoms with E-state index in [0.29, 0.717) is 18.4 Å². The molecule has 0 unspecified atom stereocenters. The highest BCUT2D eigenvalue weighted by molar-refractivity contribution is 5.05. The maximum absolute atomic E-state index is 11.0. The molecule has 0 aromatic rings. The van der Waals surface area contributed by atoms with Crippen LogP contribution in [0.25, 0.3) is 0 Å². The number of rotatable bonds is 6. The molecule has 0 atom stereocenters. The zero-order valence-corrected chi connectivity index (χ0v) is 11.4. The van der Waals surface area contributed by atoms with Crippen molar-refractivity contribution in [3.05, 3.63) is 0 Å². The Hall–Kier alpha value is -0.0800. The van der Waals surface area contributed by atoms with E-state index < -0.39 is 5.60 Å². The molecule has 1 aliphatic carbocycles. The van der Waals surface area contributed by atoms with Crippen LogP contribution in [0, 0.1) is 17.3 Å². The monoisotopic (exact) mass is 227 g/mol. The summed E-state index contributed by atoms with van der Waals surface area (Å²) in [6, 6.07) is 0. The third-order valence-electron chi connectivity index (χ3n) is 4.18. The first-order chi connectivity index (χ1) is 7.35. The molecule has 0 saturated heterocycles. The Morgan fingerprint density at radius 3 is 1.75 bits per heavy atom. The van der Waals surface area contributed by atoms with E-state index in [2.05, 4.69) is 27.7 Å². The summed E-state index contributed by atoms with van der Waals surface area (Å²) in [5.74, 6) is 1.07. The van der Waals surface area contributed by atoms with E-state index >= 15 is 0 Å². The summed E-state index contributed by atoms with van der Waals surface area (Å²) in [6.45, 7) is 9.40. The van der Waals surface area contributed by atoms with Gasteiger partial charge in [-0.2, -0.15) is 0 Å². The molecular formula is C14H29NO. The molecule has 0 heterocycles. The van der Waals surface area contributed by atoms with Crippen LogP contribution in [0.15, 0.2) is 0 Å². The van der Waals surface area contributed by atoms with Gasteiger partial charge in [0.15, 0.2) is 0 Å². The van der Waals surface area contributed by atoms with Crippen LogP contribution in [0.2, 0.25) is 0 Å². The standard InChI is InChI=1S/C14H29NO/c1-11(2)8-14(16,9-12(3)4)13(10-15)6-5-7-13/h11-12,16H,5-10,15H2,1-4H3. The van der Waals surface area contributed by atoms with Gasteiger partial charge in [0.05, 0.1) is 5.60 Å². The fourth-order valence-corrected chi connectivity index (χ4v) is 3.33. The largest absolute Gasteiger partial charge is 0.389 e. The lowest BCUT2D eigenvalue weighted by atomic mass is 9.55. The molecule has 2 heteroatoms. The predicted molar refractivity (Wildman–Crippen MR) is 69.2 cm³/mol. The van der Waals surface area contributed by atoms with E-state index in [1.807, 2.05) is 0 Å². The summed E-state index contributed by atoms with van der Waals surface area (Å²) in [4.78, 5) is 0. The quantitative estimate of drug-likeness (QED) is 0.733. The third-order valence-corrected chi connectivity index (χ3v) is 4.18. The van der Waals surface area contributed by atoms with E-state index in [4.69, 9.17) is 5.73 Å². The number of hydrogen-bond acceptors (Lipinski definition) is 2. The first-order valence-electron chi connectivity index (χ1n) is 6.78. The zero-order valence-electron chi connectivity index (χ0n) is 11.4. The second-order valence-electron chi connectivity index (χ2n) is 6.57. The lowest BCUT2D eigenvalue weighted by Gasteiger charge is -2.54. The summed E-state index contributed by atoms with van der Waals surface area (Å²) in [5.41, 5.74) is 5.42. The molecule has 1 saturated carbocycles. The van der Waals surface area contributed by atoms with Gasteiger partial charge in [-0.1, -0.05) is 34.1 Å². The molecule has 0 aromatic carbocycles. The summed E-state index contributed by atoms with van der Waals surface area (Å²) in [6.07, 6.45) is 5.24. The van der Waals surface area contributed by atoms with Crippen LogP contribution in [-0.4, -0.2) is 17.3 Å². The average molecular weight is 227 g/mol. The highest BCUT2D eigenvalue weighted by Crippen LogP contribution is 2.53. The SMILES string of the molecule is CC(C)CC(O)(CC(C)C)C1(CN)CCC1. The van der Waals surface area contributed by atoms with E-state index in [1.54, 1.807) is 0 Å². The van der Waals surface area contributed by atoms with Crippen LogP contribution < -0.4 is 5.73 Å². The summed E-state index contributed by atoms with van der Waals surface area (Å²) in [7, 11) is 0. The molecule has 1 rings (SSSR count). The van der Waals surface area contributed by atoms with Crippen LogP contribution in [0.5, 0.6) is 0 Å². The molecule has 0 aliphatic heterocycles. The highest BCUT2D eigenvalue weighted by atomic mass is 16.3. The van der Waals surface area contributed by atoms with Crippen molar-refractivity contribution < 1.29 is 5.11 Å². The van der Waals surface area contributed by atoms with E-state index in [0.717, 1.165) is 25.7 Å². The van der Waals surface area contributed by atoms with Crippen molar-refractivity contribution in [2.24, 2.45) is 23.0 Å². The molecule has 0 bridgehead atoms. The topological polar surface area (TPSA) is 46.2 Å². The van der Waals surface area contributed by atoms with Gasteiger partial charge in [0.2, 0.25) is 0 Å². The molecular weight excluding hydrogens is 198 g/mol. The lowest BCUT2D eigenvalue weighted by Crippen LogP contribution is -2.57. The number of aliphatic hydroxyl groups is 1. The first kappa shape index (κ1) is 14.0. The molecule has 0 radical (unpaired) electrons. The summed E-state index contributed by atoms with van der Waals surface area (Å²) >= 11 is 0. The Labute approximate surface area is 101 Å². The smallest absolute Gasteiger partial charge is 0.0720 e. The van der Waals surface area contributed by atoms with Crippen LogP contribution >= 0.6 is 0 Å². The van der Waals surface area contributed by atoms with Crippen molar-refractivity contribution in [3.8, 4) is 0 Å². The van der Waals surface area contributed by atoms with Gasteiger partial charge in [-0.25, -0.2) is 0 Å². The number of hydrogen-bond donors (Lipinski definition) is 2. The molecule has 1 fully saturated rings. The molecule has 96 valence electrons. The van der Waals surface area contributed by atoms with Crippen molar-refractivity contribution in [3.63, 3.8) is 0 Å². The van der Waals surface area contributed by atoms with Gasteiger partial charge in [0.25, 0.3) is 0 Å². The molecule has 0 spiro atoms. The summed E-state index contributed by atoms with van der Waals surface area (Å²) in [5, 5.41) is 11.0. The van der Waals surface area contributed by atoms with Gasteiger partial charge in [-0.15, -0.1) is 0 Å². The number of nitrogens with two attached hydrogens (primary N) is 1. The molecule has 0 aromatic heterocycles. The van der Waals surface area contributed by atoms with Gasteiger partial charge in [0, 0.05) is 12.0 Å². The normalized spacial score (nSPS) is 20.2. The first-order valence-corrected chi connectivity index (χ1v) is 6.78. The lowest BCUT2D eigenvalue weighted by molar-refractivity contribution is -0.144. The molecule has 2 nitrogen and oxygen atoms in total. The minimum absolute atomic E-state index is 0.0154. The molecule has 1 aliphatic rings. The van der Waals surface area contributed by atoms with Gasteiger partial charge >= 0.3 is 0 Å². The average Bonchev–Trinajstić information content (AvgIpc) is 1.97. The van der Waals surface area contributed by atoms with Crippen molar-refractivity contribution in [2.75, 3.05) is 6.54 Å². The van der Waals surface area contributed by atoms with E-state index in [-0.39, 0.29) is 5.41 Å². The highest BCUT2D eigenvalue weighted by Gasteiger charge is 2.52. The van der Waals surface area contributed by atoms with Crippen LogP contribution in [-0.2, 0) is 0 Å². The van der Waals surface area contributed by atoms with Gasteiger partial charge < -0.3 is 10.8 Å². The van der Waals surface area contributed by atoms with Crippen molar-refractivity contribution in [2.45, 2.75) is 65.4 Å². The van der Waals surface area contributed by atoms with Crippen molar-refractivity contribution in [1.29, 1.82) is 0 Å². The molecule has 16 heavy (non-hydrogen) atoms. The molecule has 3 N–H and O–H groups in total. The Morgan fingerprint density at radius 1 is 1.12 bits per heavy atom. The Balaban J connectivity index is 2.84. The van der Waals surface area contributed by atoms with Crippen molar-refractivity contribution in [1.82, 2.24) is 0 Å².